The van der Waals surface area contributed by atoms with Crippen LogP contribution < -0.4 is 4.74 Å². The number of methoxy groups -OCH3 is 2. The van der Waals surface area contributed by atoms with E-state index in [-0.39, 0.29) is 9.80 Å². The largest absolute Gasteiger partial charge is 0.476 e. The van der Waals surface area contributed by atoms with Crippen LogP contribution in [0.1, 0.15) is 12.5 Å². The van der Waals surface area contributed by atoms with Gasteiger partial charge < -0.3 is 14.2 Å². The average Bonchev–Trinajstić information content (AvgIpc) is 2.80. The molecule has 0 fully saturated rings. The molecule has 3 aromatic rings. The molecule has 1 aliphatic heterocycles. The van der Waals surface area contributed by atoms with Gasteiger partial charge in [-0.2, -0.15) is 0 Å². The predicted molar refractivity (Wildman–Crippen MR) is 118 cm³/mol. The predicted octanol–water partition coefficient (Wildman–Crippen LogP) is 4.33. The first-order valence-electron chi connectivity index (χ1n) is 9.72. The first-order valence-corrected chi connectivity index (χ1v) is 11.2. The first-order chi connectivity index (χ1) is 14.9. The standard InChI is InChI=1S/C24H23NO5S/c1-24(23(28-2)29-3)22(16-18-8-4-5-10-21(18)30-24)31(26,27)19-13-11-17(12-14-19)20-9-6-7-15-25-20/h4-16,23H,1-3H3. The molecule has 2 aromatic carbocycles. The zero-order valence-electron chi connectivity index (χ0n) is 17.5. The van der Waals surface area contributed by atoms with E-state index in [9.17, 15) is 8.42 Å². The summed E-state index contributed by atoms with van der Waals surface area (Å²) in [5.41, 5.74) is 0.892. The van der Waals surface area contributed by atoms with Crippen molar-refractivity contribution in [3.05, 3.63) is 83.4 Å². The molecule has 1 unspecified atom stereocenters. The summed E-state index contributed by atoms with van der Waals surface area (Å²) < 4.78 is 44.5. The maximum absolute atomic E-state index is 13.7. The summed E-state index contributed by atoms with van der Waals surface area (Å²) in [5, 5.41) is 0. The molecule has 1 atom stereocenters. The van der Waals surface area contributed by atoms with Gasteiger partial charge in [0.1, 0.15) is 5.75 Å². The number of rotatable bonds is 6. The van der Waals surface area contributed by atoms with Crippen molar-refractivity contribution in [2.45, 2.75) is 23.7 Å². The van der Waals surface area contributed by atoms with Gasteiger partial charge in [-0.3, -0.25) is 4.98 Å². The minimum Gasteiger partial charge on any atom is -0.476 e. The molecule has 0 amide bonds. The molecule has 0 saturated carbocycles. The molecule has 0 aliphatic carbocycles. The summed E-state index contributed by atoms with van der Waals surface area (Å²) in [5.74, 6) is 0.563. The maximum atomic E-state index is 13.7. The lowest BCUT2D eigenvalue weighted by Gasteiger charge is -2.40. The second-order valence-electron chi connectivity index (χ2n) is 7.30. The third-order valence-electron chi connectivity index (χ3n) is 5.31. The van der Waals surface area contributed by atoms with Gasteiger partial charge in [-0.05, 0) is 43.3 Å². The summed E-state index contributed by atoms with van der Waals surface area (Å²) in [6.07, 6.45) is 2.39. The van der Waals surface area contributed by atoms with Crippen LogP contribution in [0.3, 0.4) is 0 Å². The lowest BCUT2D eigenvalue weighted by Crippen LogP contribution is -2.51. The number of hydrogen-bond acceptors (Lipinski definition) is 6. The van der Waals surface area contributed by atoms with Gasteiger partial charge in [-0.15, -0.1) is 0 Å². The first kappa shape index (κ1) is 21.2. The molecular weight excluding hydrogens is 414 g/mol. The van der Waals surface area contributed by atoms with Crippen LogP contribution in [-0.2, 0) is 19.3 Å². The van der Waals surface area contributed by atoms with Crippen molar-refractivity contribution in [3.8, 4) is 17.0 Å². The Morgan fingerprint density at radius 3 is 2.26 bits per heavy atom. The second kappa shape index (κ2) is 8.26. The Bertz CT molecular complexity index is 1200. The number of fused-ring (bicyclic) bond motifs is 1. The highest BCUT2D eigenvalue weighted by atomic mass is 32.2. The molecule has 4 rings (SSSR count). The fourth-order valence-electron chi connectivity index (χ4n) is 3.78. The smallest absolute Gasteiger partial charge is 0.206 e. The third-order valence-corrected chi connectivity index (χ3v) is 7.30. The Labute approximate surface area is 182 Å². The zero-order valence-corrected chi connectivity index (χ0v) is 18.3. The maximum Gasteiger partial charge on any atom is 0.206 e. The van der Waals surface area contributed by atoms with Crippen molar-refractivity contribution < 1.29 is 22.6 Å². The lowest BCUT2D eigenvalue weighted by molar-refractivity contribution is -0.181. The minimum atomic E-state index is -3.92. The van der Waals surface area contributed by atoms with Crippen LogP contribution in [-0.4, -0.2) is 39.5 Å². The van der Waals surface area contributed by atoms with Crippen molar-refractivity contribution in [2.75, 3.05) is 14.2 Å². The molecule has 0 radical (unpaired) electrons. The molecule has 0 spiro atoms. The van der Waals surface area contributed by atoms with E-state index in [1.165, 1.54) is 14.2 Å². The van der Waals surface area contributed by atoms with Crippen LogP contribution in [0.5, 0.6) is 5.75 Å². The van der Waals surface area contributed by atoms with Crippen LogP contribution in [0.25, 0.3) is 17.3 Å². The topological polar surface area (TPSA) is 74.7 Å². The Hall–Kier alpha value is -3.00. The number of aromatic nitrogens is 1. The van der Waals surface area contributed by atoms with E-state index in [2.05, 4.69) is 4.98 Å². The molecule has 1 aromatic heterocycles. The lowest BCUT2D eigenvalue weighted by atomic mass is 9.99. The number of hydrogen-bond donors (Lipinski definition) is 0. The molecule has 0 saturated heterocycles. The minimum absolute atomic E-state index is 0.0676. The number of ether oxygens (including phenoxy) is 3. The highest BCUT2D eigenvalue weighted by molar-refractivity contribution is 7.95. The van der Waals surface area contributed by atoms with E-state index < -0.39 is 21.7 Å². The fourth-order valence-corrected chi connectivity index (χ4v) is 5.48. The summed E-state index contributed by atoms with van der Waals surface area (Å²) in [4.78, 5) is 4.53. The Morgan fingerprint density at radius 1 is 0.935 bits per heavy atom. The molecule has 6 nitrogen and oxygen atoms in total. The molecular formula is C24H23NO5S. The van der Waals surface area contributed by atoms with Gasteiger partial charge in [0.25, 0.3) is 0 Å². The molecule has 2 heterocycles. The Kier molecular flexibility index (Phi) is 5.66. The van der Waals surface area contributed by atoms with Crippen LogP contribution in [0.4, 0.5) is 0 Å². The van der Waals surface area contributed by atoms with E-state index in [0.29, 0.717) is 11.3 Å². The van der Waals surface area contributed by atoms with Crippen LogP contribution in [0.2, 0.25) is 0 Å². The van der Waals surface area contributed by atoms with Gasteiger partial charge >= 0.3 is 0 Å². The molecule has 31 heavy (non-hydrogen) atoms. The van der Waals surface area contributed by atoms with E-state index >= 15 is 0 Å². The van der Waals surface area contributed by atoms with E-state index in [4.69, 9.17) is 14.2 Å². The SMILES string of the molecule is COC(OC)C1(C)Oc2ccccc2C=C1S(=O)(=O)c1ccc(-c2ccccn2)cc1. The monoisotopic (exact) mass is 437 g/mol. The van der Waals surface area contributed by atoms with Gasteiger partial charge in [-0.1, -0.05) is 36.4 Å². The van der Waals surface area contributed by atoms with Crippen LogP contribution in [0.15, 0.2) is 82.7 Å². The summed E-state index contributed by atoms with van der Waals surface area (Å²) in [6.45, 7) is 1.66. The summed E-state index contributed by atoms with van der Waals surface area (Å²) in [6, 6.07) is 19.5. The number of pyridine rings is 1. The second-order valence-corrected chi connectivity index (χ2v) is 9.22. The average molecular weight is 438 g/mol. The fraction of sp³-hybridized carbons (Fsp3) is 0.208. The molecule has 1 aliphatic rings. The molecule has 0 N–H and O–H groups in total. The number of sulfone groups is 1. The van der Waals surface area contributed by atoms with Crippen LogP contribution >= 0.6 is 0 Å². The summed E-state index contributed by atoms with van der Waals surface area (Å²) >= 11 is 0. The van der Waals surface area contributed by atoms with Gasteiger partial charge in [0.05, 0.1) is 15.5 Å². The number of nitrogens with zero attached hydrogens (tertiary/aromatic N) is 1. The van der Waals surface area contributed by atoms with Crippen molar-refractivity contribution in [3.63, 3.8) is 0 Å². The summed E-state index contributed by atoms with van der Waals surface area (Å²) in [7, 11) is -1.01. The van der Waals surface area contributed by atoms with Gasteiger partial charge in [0, 0.05) is 31.5 Å². The highest BCUT2D eigenvalue weighted by Crippen LogP contribution is 2.43. The molecule has 7 heteroatoms. The quantitative estimate of drug-likeness (QED) is 0.534. The normalized spacial score (nSPS) is 18.3. The zero-order chi connectivity index (χ0) is 22.1. The van der Waals surface area contributed by atoms with Crippen molar-refractivity contribution in [1.29, 1.82) is 0 Å². The molecule has 0 bridgehead atoms. The van der Waals surface area contributed by atoms with Crippen LogP contribution in [0, 0.1) is 0 Å². The van der Waals surface area contributed by atoms with Gasteiger partial charge in [-0.25, -0.2) is 8.42 Å². The highest BCUT2D eigenvalue weighted by Gasteiger charge is 2.49. The third kappa shape index (κ3) is 3.76. The van der Waals surface area contributed by atoms with Crippen molar-refractivity contribution in [1.82, 2.24) is 4.98 Å². The van der Waals surface area contributed by atoms with Gasteiger partial charge in [0.2, 0.25) is 16.1 Å². The number of benzene rings is 2. The van der Waals surface area contributed by atoms with E-state index in [1.54, 1.807) is 49.5 Å². The van der Waals surface area contributed by atoms with Crippen molar-refractivity contribution in [2.24, 2.45) is 0 Å². The van der Waals surface area contributed by atoms with E-state index in [1.807, 2.05) is 36.4 Å². The van der Waals surface area contributed by atoms with E-state index in [0.717, 1.165) is 11.3 Å². The Balaban J connectivity index is 1.81. The number of para-hydroxylation sites is 1. The van der Waals surface area contributed by atoms with Crippen molar-refractivity contribution >= 4 is 15.9 Å². The van der Waals surface area contributed by atoms with Gasteiger partial charge in [0.15, 0.2) is 5.60 Å². The Morgan fingerprint density at radius 2 is 1.61 bits per heavy atom. The molecule has 160 valence electrons.